The van der Waals surface area contributed by atoms with Crippen molar-refractivity contribution >= 4 is 15.4 Å². The largest absolute Gasteiger partial charge is 0.510 e. The quantitative estimate of drug-likeness (QED) is 0.206. The molecule has 0 rings (SSSR count). The molecule has 0 aromatic rings. The van der Waals surface area contributed by atoms with Crippen molar-refractivity contribution in [3.8, 4) is 0 Å². The van der Waals surface area contributed by atoms with Gasteiger partial charge in [0, 0.05) is 7.11 Å². The molecular formula is C2H6B2O4. The van der Waals surface area contributed by atoms with Crippen molar-refractivity contribution in [3.05, 3.63) is 0 Å². The number of hydrogen-bond acceptors (Lipinski definition) is 4. The van der Waals surface area contributed by atoms with Crippen LogP contribution in [0.25, 0.3) is 0 Å². The fraction of sp³-hybridized carbons (Fsp3) is 1.00. The predicted molar refractivity (Wildman–Crippen MR) is 27.7 cm³/mol. The average Bonchev–Trinajstić information content (AvgIpc) is 1.81. The zero-order chi connectivity index (χ0) is 6.24. The maximum Gasteiger partial charge on any atom is 0.510 e. The van der Waals surface area contributed by atoms with Crippen LogP contribution in [0.4, 0.5) is 0 Å². The van der Waals surface area contributed by atoms with Crippen LogP contribution in [0.15, 0.2) is 0 Å². The Labute approximate surface area is 49.6 Å². The summed E-state index contributed by atoms with van der Waals surface area (Å²) in [6.45, 7) is 0. The number of rotatable bonds is 5. The Morgan fingerprint density at radius 1 is 1.12 bits per heavy atom. The molecule has 0 atom stereocenters. The normalized spacial score (nSPS) is 8.75. The second kappa shape index (κ2) is 6.97. The van der Waals surface area contributed by atoms with E-state index in [1.807, 2.05) is 0 Å². The summed E-state index contributed by atoms with van der Waals surface area (Å²) in [5, 5.41) is 0. The van der Waals surface area contributed by atoms with E-state index in [1.165, 1.54) is 14.2 Å². The summed E-state index contributed by atoms with van der Waals surface area (Å²) in [5.41, 5.74) is 0. The van der Waals surface area contributed by atoms with E-state index in [9.17, 15) is 0 Å². The van der Waals surface area contributed by atoms with E-state index in [0.717, 1.165) is 15.4 Å². The van der Waals surface area contributed by atoms with Crippen molar-refractivity contribution in [1.29, 1.82) is 0 Å². The van der Waals surface area contributed by atoms with E-state index < -0.39 is 0 Å². The highest BCUT2D eigenvalue weighted by Crippen LogP contribution is 1.70. The molecule has 0 bridgehead atoms. The maximum atomic E-state index is 4.40. The van der Waals surface area contributed by atoms with E-state index in [-0.39, 0.29) is 0 Å². The van der Waals surface area contributed by atoms with E-state index in [2.05, 4.69) is 18.9 Å². The first kappa shape index (κ1) is 7.97. The van der Waals surface area contributed by atoms with Crippen LogP contribution in [-0.4, -0.2) is 29.6 Å². The number of hydrogen-bond donors (Lipinski definition) is 0. The van der Waals surface area contributed by atoms with Gasteiger partial charge in [-0.25, -0.2) is 0 Å². The Morgan fingerprint density at radius 3 is 2.38 bits per heavy atom. The molecule has 0 saturated carbocycles. The van der Waals surface area contributed by atoms with Gasteiger partial charge in [-0.05, 0) is 0 Å². The molecule has 0 unspecified atom stereocenters. The summed E-state index contributed by atoms with van der Waals surface area (Å²) in [6.07, 6.45) is 0. The minimum absolute atomic E-state index is 0.990. The summed E-state index contributed by atoms with van der Waals surface area (Å²) in [4.78, 5) is 8.31. The van der Waals surface area contributed by atoms with E-state index in [1.54, 1.807) is 0 Å². The lowest BCUT2D eigenvalue weighted by molar-refractivity contribution is -0.187. The Morgan fingerprint density at radius 2 is 1.88 bits per heavy atom. The summed E-state index contributed by atoms with van der Waals surface area (Å²) in [7, 11) is 4.91. The third-order valence-electron chi connectivity index (χ3n) is 0.343. The summed E-state index contributed by atoms with van der Waals surface area (Å²) < 4.78 is 8.78. The Kier molecular flexibility index (Phi) is 6.94. The van der Waals surface area contributed by atoms with Gasteiger partial charge in [-0.1, -0.05) is 0 Å². The van der Waals surface area contributed by atoms with Crippen LogP contribution in [0.3, 0.4) is 0 Å². The Hall–Kier alpha value is -0.0301. The Balaban J connectivity index is 2.53. The fourth-order valence-electron chi connectivity index (χ4n) is 0.140. The highest BCUT2D eigenvalue weighted by molar-refractivity contribution is 6.34. The highest BCUT2D eigenvalue weighted by atomic mass is 17.2. The molecular weight excluding hydrogens is 110 g/mol. The molecule has 0 fully saturated rings. The SMILES string of the molecule is CO[B]O[B]OOC. The third kappa shape index (κ3) is 5.97. The monoisotopic (exact) mass is 116 g/mol. The first-order chi connectivity index (χ1) is 3.91. The van der Waals surface area contributed by atoms with Crippen LogP contribution in [0.2, 0.25) is 0 Å². The molecule has 2 radical (unpaired) electrons. The zero-order valence-corrected chi connectivity index (χ0v) is 4.79. The molecule has 0 aromatic carbocycles. The molecule has 4 nitrogen and oxygen atoms in total. The van der Waals surface area contributed by atoms with Crippen molar-refractivity contribution in [3.63, 3.8) is 0 Å². The molecule has 0 saturated heterocycles. The van der Waals surface area contributed by atoms with Crippen molar-refractivity contribution in [2.45, 2.75) is 0 Å². The Bertz CT molecular complexity index is 37.0. The lowest BCUT2D eigenvalue weighted by Gasteiger charge is -1.94. The standard InChI is InChI=1S/C2H6B2O4/c1-5-3-7-4-8-6-2/h1-2H3. The minimum Gasteiger partial charge on any atom is -0.454 e. The van der Waals surface area contributed by atoms with Crippen LogP contribution in [0.1, 0.15) is 0 Å². The van der Waals surface area contributed by atoms with Gasteiger partial charge in [0.05, 0.1) is 7.11 Å². The second-order valence-electron chi connectivity index (χ2n) is 0.827. The van der Waals surface area contributed by atoms with Crippen LogP contribution in [0, 0.1) is 0 Å². The summed E-state index contributed by atoms with van der Waals surface area (Å²) in [5.74, 6) is 0. The minimum atomic E-state index is 0.990. The van der Waals surface area contributed by atoms with E-state index in [4.69, 9.17) is 0 Å². The average molecular weight is 116 g/mol. The van der Waals surface area contributed by atoms with Crippen molar-refractivity contribution in [1.82, 2.24) is 0 Å². The molecule has 8 heavy (non-hydrogen) atoms. The fourth-order valence-corrected chi connectivity index (χ4v) is 0.140. The van der Waals surface area contributed by atoms with Gasteiger partial charge < -0.3 is 9.23 Å². The lowest BCUT2D eigenvalue weighted by Crippen LogP contribution is -2.08. The lowest BCUT2D eigenvalue weighted by atomic mass is 10.3. The van der Waals surface area contributed by atoms with Gasteiger partial charge in [0.1, 0.15) is 0 Å². The first-order valence-corrected chi connectivity index (χ1v) is 1.93. The first-order valence-electron chi connectivity index (χ1n) is 1.93. The molecule has 0 aliphatic heterocycles. The molecule has 0 heterocycles. The van der Waals surface area contributed by atoms with Crippen molar-refractivity contribution in [2.75, 3.05) is 14.2 Å². The third-order valence-corrected chi connectivity index (χ3v) is 0.343. The van der Waals surface area contributed by atoms with Gasteiger partial charge >= 0.3 is 15.4 Å². The van der Waals surface area contributed by atoms with Crippen LogP contribution in [0.5, 0.6) is 0 Å². The summed E-state index contributed by atoms with van der Waals surface area (Å²) >= 11 is 0. The van der Waals surface area contributed by atoms with Crippen LogP contribution < -0.4 is 0 Å². The molecule has 0 N–H and O–H groups in total. The van der Waals surface area contributed by atoms with Gasteiger partial charge in [-0.3, -0.25) is 9.69 Å². The topological polar surface area (TPSA) is 36.9 Å². The van der Waals surface area contributed by atoms with Gasteiger partial charge in [0.2, 0.25) is 0 Å². The molecule has 0 amide bonds. The highest BCUT2D eigenvalue weighted by Gasteiger charge is 1.93. The molecule has 0 aromatic heterocycles. The van der Waals surface area contributed by atoms with Gasteiger partial charge in [0.15, 0.2) is 0 Å². The van der Waals surface area contributed by atoms with Crippen molar-refractivity contribution < 1.29 is 18.9 Å². The molecule has 0 spiro atoms. The van der Waals surface area contributed by atoms with Crippen LogP contribution in [-0.2, 0) is 18.9 Å². The zero-order valence-electron chi connectivity index (χ0n) is 4.79. The van der Waals surface area contributed by atoms with E-state index >= 15 is 0 Å². The van der Waals surface area contributed by atoms with Gasteiger partial charge in [-0.15, -0.1) is 0 Å². The van der Waals surface area contributed by atoms with Gasteiger partial charge in [0.25, 0.3) is 0 Å². The van der Waals surface area contributed by atoms with E-state index in [0.29, 0.717) is 0 Å². The molecule has 6 heteroatoms. The predicted octanol–water partition coefficient (Wildman–Crippen LogP) is -0.704. The summed E-state index contributed by atoms with van der Waals surface area (Å²) in [6, 6.07) is 0. The maximum absolute atomic E-state index is 4.40. The molecule has 44 valence electrons. The smallest absolute Gasteiger partial charge is 0.454 e. The van der Waals surface area contributed by atoms with Gasteiger partial charge in [-0.2, -0.15) is 0 Å². The molecule has 0 aliphatic rings. The van der Waals surface area contributed by atoms with Crippen LogP contribution >= 0.6 is 0 Å². The van der Waals surface area contributed by atoms with Crippen molar-refractivity contribution in [2.24, 2.45) is 0 Å². The molecule has 0 aliphatic carbocycles. The second-order valence-corrected chi connectivity index (χ2v) is 0.827.